The van der Waals surface area contributed by atoms with Crippen molar-refractivity contribution >= 4 is 35.0 Å². The van der Waals surface area contributed by atoms with Crippen molar-refractivity contribution < 1.29 is 4.79 Å². The lowest BCUT2D eigenvalue weighted by atomic mass is 10.2. The van der Waals surface area contributed by atoms with Crippen molar-refractivity contribution in [3.8, 4) is 6.07 Å². The Kier molecular flexibility index (Phi) is 4.89. The number of nitriles is 1. The number of anilines is 1. The minimum absolute atomic E-state index is 0.149. The second-order valence-electron chi connectivity index (χ2n) is 4.38. The van der Waals surface area contributed by atoms with E-state index in [-0.39, 0.29) is 11.2 Å². The maximum atomic E-state index is 12.1. The van der Waals surface area contributed by atoms with Gasteiger partial charge in [0.25, 0.3) is 0 Å². The van der Waals surface area contributed by atoms with Crippen molar-refractivity contribution in [2.45, 2.75) is 17.3 Å². The monoisotopic (exact) mass is 320 g/mol. The molecule has 1 atom stereocenters. The number of aromatic nitrogens is 2. The molecule has 2 rings (SSSR count). The molecule has 0 fully saturated rings. The highest BCUT2D eigenvalue weighted by atomic mass is 35.5. The number of carbonyl (C=O) groups excluding carboxylic acids is 1. The van der Waals surface area contributed by atoms with Crippen molar-refractivity contribution in [2.24, 2.45) is 7.05 Å². The molecular formula is C14H13ClN4OS. The van der Waals surface area contributed by atoms with Gasteiger partial charge in [-0.1, -0.05) is 23.4 Å². The van der Waals surface area contributed by atoms with Crippen LogP contribution in [0.25, 0.3) is 0 Å². The zero-order valence-corrected chi connectivity index (χ0v) is 13.1. The number of hydrogen-bond donors (Lipinski definition) is 1. The topological polar surface area (TPSA) is 70.7 Å². The molecule has 1 aromatic carbocycles. The highest BCUT2D eigenvalue weighted by molar-refractivity contribution is 8.00. The first-order valence-electron chi connectivity index (χ1n) is 6.15. The van der Waals surface area contributed by atoms with E-state index in [4.69, 9.17) is 16.9 Å². The summed E-state index contributed by atoms with van der Waals surface area (Å²) in [7, 11) is 1.88. The van der Waals surface area contributed by atoms with E-state index >= 15 is 0 Å². The SMILES string of the molecule is CC(Sc1nccn1C)C(=O)Nc1ccc(C#N)c(Cl)c1. The van der Waals surface area contributed by atoms with Crippen LogP contribution >= 0.6 is 23.4 Å². The Hall–Kier alpha value is -1.97. The number of imidazole rings is 1. The molecule has 0 bridgehead atoms. The number of hydrogen-bond acceptors (Lipinski definition) is 4. The normalized spacial score (nSPS) is 11.7. The molecule has 0 aliphatic carbocycles. The Labute approximate surface area is 131 Å². The van der Waals surface area contributed by atoms with E-state index in [1.807, 2.05) is 23.9 Å². The van der Waals surface area contributed by atoms with Gasteiger partial charge in [0, 0.05) is 25.1 Å². The fourth-order valence-electron chi connectivity index (χ4n) is 1.60. The van der Waals surface area contributed by atoms with Crippen molar-refractivity contribution in [2.75, 3.05) is 5.32 Å². The predicted molar refractivity (Wildman–Crippen MR) is 83.3 cm³/mol. The molecular weight excluding hydrogens is 308 g/mol. The van der Waals surface area contributed by atoms with Gasteiger partial charge in [-0.05, 0) is 25.1 Å². The molecule has 1 unspecified atom stereocenters. The number of rotatable bonds is 4. The molecule has 108 valence electrons. The molecule has 2 aromatic rings. The van der Waals surface area contributed by atoms with E-state index in [1.54, 1.807) is 31.3 Å². The van der Waals surface area contributed by atoms with Crippen molar-refractivity contribution in [1.82, 2.24) is 9.55 Å². The van der Waals surface area contributed by atoms with Crippen LogP contribution in [0.15, 0.2) is 35.7 Å². The predicted octanol–water partition coefficient (Wildman–Crippen LogP) is 3.06. The molecule has 0 radical (unpaired) electrons. The summed E-state index contributed by atoms with van der Waals surface area (Å²) in [4.78, 5) is 16.3. The molecule has 0 aliphatic heterocycles. The molecule has 0 spiro atoms. The molecule has 1 amide bonds. The van der Waals surface area contributed by atoms with Gasteiger partial charge in [0.15, 0.2) is 5.16 Å². The molecule has 0 aliphatic rings. The van der Waals surface area contributed by atoms with Crippen LogP contribution in [-0.4, -0.2) is 20.7 Å². The number of nitrogens with zero attached hydrogens (tertiary/aromatic N) is 3. The van der Waals surface area contributed by atoms with Crippen LogP contribution in [0.3, 0.4) is 0 Å². The zero-order chi connectivity index (χ0) is 15.4. The number of aryl methyl sites for hydroxylation is 1. The molecule has 5 nitrogen and oxygen atoms in total. The second-order valence-corrected chi connectivity index (χ2v) is 6.09. The van der Waals surface area contributed by atoms with Crippen molar-refractivity contribution in [3.63, 3.8) is 0 Å². The summed E-state index contributed by atoms with van der Waals surface area (Å²) >= 11 is 7.31. The van der Waals surface area contributed by atoms with Crippen LogP contribution in [0.2, 0.25) is 5.02 Å². The smallest absolute Gasteiger partial charge is 0.237 e. The van der Waals surface area contributed by atoms with Gasteiger partial charge in [0.2, 0.25) is 5.91 Å². The average molecular weight is 321 g/mol. The van der Waals surface area contributed by atoms with Crippen LogP contribution in [-0.2, 0) is 11.8 Å². The van der Waals surface area contributed by atoms with Crippen LogP contribution in [0.4, 0.5) is 5.69 Å². The maximum absolute atomic E-state index is 12.1. The molecule has 21 heavy (non-hydrogen) atoms. The van der Waals surface area contributed by atoms with E-state index in [0.29, 0.717) is 16.3 Å². The lowest BCUT2D eigenvalue weighted by Gasteiger charge is -2.12. The minimum atomic E-state index is -0.305. The van der Waals surface area contributed by atoms with Gasteiger partial charge in [-0.25, -0.2) is 4.98 Å². The fourth-order valence-corrected chi connectivity index (χ4v) is 2.66. The van der Waals surface area contributed by atoms with E-state index in [1.165, 1.54) is 11.8 Å². The number of nitrogens with one attached hydrogen (secondary N) is 1. The summed E-state index contributed by atoms with van der Waals surface area (Å²) in [5, 5.41) is 12.4. The third-order valence-corrected chi connectivity index (χ3v) is 4.27. The second kappa shape index (κ2) is 6.66. The molecule has 1 aromatic heterocycles. The molecule has 0 saturated heterocycles. The van der Waals surface area contributed by atoms with Gasteiger partial charge in [-0.2, -0.15) is 5.26 Å². The molecule has 1 N–H and O–H groups in total. The highest BCUT2D eigenvalue weighted by Crippen LogP contribution is 2.24. The number of halogens is 1. The van der Waals surface area contributed by atoms with Gasteiger partial charge in [0.1, 0.15) is 6.07 Å². The Balaban J connectivity index is 2.02. The number of carbonyl (C=O) groups is 1. The standard InChI is InChI=1S/C14H13ClN4OS/c1-9(21-14-17-5-6-19(14)2)13(20)18-11-4-3-10(8-16)12(15)7-11/h3-7,9H,1-2H3,(H,18,20). The summed E-state index contributed by atoms with van der Waals surface area (Å²) in [6, 6.07) is 6.77. The van der Waals surface area contributed by atoms with Crippen LogP contribution in [0.1, 0.15) is 12.5 Å². The number of benzene rings is 1. The Morgan fingerprint density at radius 3 is 2.90 bits per heavy atom. The lowest BCUT2D eigenvalue weighted by molar-refractivity contribution is -0.115. The van der Waals surface area contributed by atoms with Crippen molar-refractivity contribution in [1.29, 1.82) is 5.26 Å². The van der Waals surface area contributed by atoms with Crippen LogP contribution in [0, 0.1) is 11.3 Å². The number of amides is 1. The molecule has 7 heteroatoms. The summed E-state index contributed by atoms with van der Waals surface area (Å²) in [6.45, 7) is 1.81. The minimum Gasteiger partial charge on any atom is -0.329 e. The third-order valence-electron chi connectivity index (χ3n) is 2.79. The summed E-state index contributed by atoms with van der Waals surface area (Å²) < 4.78 is 1.85. The van der Waals surface area contributed by atoms with Gasteiger partial charge in [0.05, 0.1) is 15.8 Å². The Morgan fingerprint density at radius 1 is 1.57 bits per heavy atom. The quantitative estimate of drug-likeness (QED) is 0.879. The van der Waals surface area contributed by atoms with Gasteiger partial charge < -0.3 is 9.88 Å². The van der Waals surface area contributed by atoms with Crippen LogP contribution < -0.4 is 5.32 Å². The van der Waals surface area contributed by atoms with Crippen molar-refractivity contribution in [3.05, 3.63) is 41.2 Å². The van der Waals surface area contributed by atoms with E-state index in [0.717, 1.165) is 5.16 Å². The lowest BCUT2D eigenvalue weighted by Crippen LogP contribution is -2.22. The summed E-state index contributed by atoms with van der Waals surface area (Å²) in [6.07, 6.45) is 3.51. The first-order valence-corrected chi connectivity index (χ1v) is 7.41. The Morgan fingerprint density at radius 2 is 2.33 bits per heavy atom. The van der Waals surface area contributed by atoms with E-state index in [2.05, 4.69) is 10.3 Å². The molecule has 0 saturated carbocycles. The van der Waals surface area contributed by atoms with Gasteiger partial charge in [-0.3, -0.25) is 4.79 Å². The first kappa shape index (κ1) is 15.4. The third kappa shape index (κ3) is 3.78. The fraction of sp³-hybridized carbons (Fsp3) is 0.214. The Bertz CT molecular complexity index is 707. The average Bonchev–Trinajstić information content (AvgIpc) is 2.84. The number of thioether (sulfide) groups is 1. The van der Waals surface area contributed by atoms with Crippen LogP contribution in [0.5, 0.6) is 0 Å². The zero-order valence-electron chi connectivity index (χ0n) is 11.5. The van der Waals surface area contributed by atoms with E-state index < -0.39 is 0 Å². The largest absolute Gasteiger partial charge is 0.329 e. The maximum Gasteiger partial charge on any atom is 0.237 e. The first-order chi connectivity index (χ1) is 10.0. The van der Waals surface area contributed by atoms with Gasteiger partial charge in [-0.15, -0.1) is 0 Å². The highest BCUT2D eigenvalue weighted by Gasteiger charge is 2.17. The molecule has 1 heterocycles. The summed E-state index contributed by atoms with van der Waals surface area (Å²) in [5.41, 5.74) is 0.946. The summed E-state index contributed by atoms with van der Waals surface area (Å²) in [5.74, 6) is -0.149. The van der Waals surface area contributed by atoms with Gasteiger partial charge >= 0.3 is 0 Å². The van der Waals surface area contributed by atoms with E-state index in [9.17, 15) is 4.79 Å².